The molecule has 1 atom stereocenters. The summed E-state index contributed by atoms with van der Waals surface area (Å²) in [5, 5.41) is 36.2. The van der Waals surface area contributed by atoms with Crippen molar-refractivity contribution in [2.24, 2.45) is 0 Å². The lowest BCUT2D eigenvalue weighted by Crippen LogP contribution is -2.34. The highest BCUT2D eigenvalue weighted by Gasteiger charge is 2.21. The Morgan fingerprint density at radius 1 is 1.21 bits per heavy atom. The molecule has 0 saturated carbocycles. The molecule has 3 aromatic rings. The van der Waals surface area contributed by atoms with Crippen molar-refractivity contribution < 1.29 is 9.90 Å². The van der Waals surface area contributed by atoms with E-state index in [0.717, 1.165) is 5.56 Å². The molecule has 10 heteroatoms. The Hall–Kier alpha value is -3.48. The molecule has 29 heavy (non-hydrogen) atoms. The minimum atomic E-state index is -0.567. The SMILES string of the molecule is N#Cc1ccc(CC(NC(=O)Nc2ccc(Cl)cc2)c2nnn(CCO)n2)cc1. The second kappa shape index (κ2) is 9.64. The number of aromatic nitrogens is 4. The Bertz CT molecular complexity index is 997. The average Bonchev–Trinajstić information content (AvgIpc) is 3.19. The number of tetrazole rings is 1. The molecule has 2 aromatic carbocycles. The maximum atomic E-state index is 12.5. The van der Waals surface area contributed by atoms with Gasteiger partial charge >= 0.3 is 6.03 Å². The average molecular weight is 412 g/mol. The van der Waals surface area contributed by atoms with Gasteiger partial charge in [0, 0.05) is 17.1 Å². The topological polar surface area (TPSA) is 129 Å². The predicted molar refractivity (Wildman–Crippen MR) is 106 cm³/mol. The molecule has 9 nitrogen and oxygen atoms in total. The number of aliphatic hydroxyl groups excluding tert-OH is 1. The van der Waals surface area contributed by atoms with Crippen LogP contribution in [0.25, 0.3) is 0 Å². The van der Waals surface area contributed by atoms with E-state index in [2.05, 4.69) is 32.1 Å². The third-order valence-electron chi connectivity index (χ3n) is 4.01. The van der Waals surface area contributed by atoms with Gasteiger partial charge in [-0.1, -0.05) is 23.7 Å². The van der Waals surface area contributed by atoms with E-state index in [-0.39, 0.29) is 13.2 Å². The summed E-state index contributed by atoms with van der Waals surface area (Å²) in [6, 6.07) is 14.8. The molecule has 1 heterocycles. The van der Waals surface area contributed by atoms with Crippen molar-refractivity contribution in [3.63, 3.8) is 0 Å². The molecular formula is C19H18ClN7O2. The van der Waals surface area contributed by atoms with E-state index in [4.69, 9.17) is 22.0 Å². The second-order valence-electron chi connectivity index (χ2n) is 6.14. The molecule has 148 valence electrons. The highest BCUT2D eigenvalue weighted by Crippen LogP contribution is 2.17. The number of nitrogens with one attached hydrogen (secondary N) is 2. The van der Waals surface area contributed by atoms with E-state index in [0.29, 0.717) is 28.5 Å². The molecule has 0 bridgehead atoms. The fourth-order valence-electron chi connectivity index (χ4n) is 2.60. The van der Waals surface area contributed by atoms with Gasteiger partial charge in [-0.15, -0.1) is 10.2 Å². The fraction of sp³-hybridized carbons (Fsp3) is 0.211. The first-order valence-corrected chi connectivity index (χ1v) is 9.16. The molecule has 0 aliphatic carbocycles. The molecule has 1 aromatic heterocycles. The Labute approximate surface area is 171 Å². The number of amides is 2. The van der Waals surface area contributed by atoms with E-state index in [9.17, 15) is 4.79 Å². The molecule has 0 spiro atoms. The number of benzene rings is 2. The molecule has 1 unspecified atom stereocenters. The highest BCUT2D eigenvalue weighted by molar-refractivity contribution is 6.30. The van der Waals surface area contributed by atoms with Crippen LogP contribution in [0.1, 0.15) is 23.0 Å². The number of anilines is 1. The van der Waals surface area contributed by atoms with E-state index in [1.54, 1.807) is 36.4 Å². The third kappa shape index (κ3) is 5.75. The number of hydrogen-bond donors (Lipinski definition) is 3. The number of carbonyl (C=O) groups excluding carboxylic acids is 1. The van der Waals surface area contributed by atoms with Crippen molar-refractivity contribution >= 4 is 23.3 Å². The summed E-state index contributed by atoms with van der Waals surface area (Å²) in [6.45, 7) is 0.0775. The summed E-state index contributed by atoms with van der Waals surface area (Å²) < 4.78 is 0. The number of urea groups is 1. The molecule has 0 aliphatic heterocycles. The largest absolute Gasteiger partial charge is 0.394 e. The second-order valence-corrected chi connectivity index (χ2v) is 6.57. The standard InChI is InChI=1S/C19H18ClN7O2/c20-15-5-7-16(8-6-15)22-19(29)23-17(18-24-26-27(25-18)9-10-28)11-13-1-3-14(12-21)4-2-13/h1-8,17,28H,9-11H2,(H2,22,23,29). The summed E-state index contributed by atoms with van der Waals surface area (Å²) in [6.07, 6.45) is 0.393. The first-order valence-electron chi connectivity index (χ1n) is 8.78. The molecule has 0 radical (unpaired) electrons. The minimum Gasteiger partial charge on any atom is -0.394 e. The van der Waals surface area contributed by atoms with Crippen molar-refractivity contribution in [2.45, 2.75) is 19.0 Å². The minimum absolute atomic E-state index is 0.124. The summed E-state index contributed by atoms with van der Waals surface area (Å²) >= 11 is 5.86. The van der Waals surface area contributed by atoms with Gasteiger partial charge in [-0.05, 0) is 47.2 Å². The molecule has 3 N–H and O–H groups in total. The summed E-state index contributed by atoms with van der Waals surface area (Å²) in [5.74, 6) is 0.314. The van der Waals surface area contributed by atoms with Crippen molar-refractivity contribution in [3.8, 4) is 6.07 Å². The van der Waals surface area contributed by atoms with Gasteiger partial charge in [0.05, 0.1) is 30.8 Å². The van der Waals surface area contributed by atoms with Gasteiger partial charge in [0.25, 0.3) is 0 Å². The molecule has 0 saturated heterocycles. The highest BCUT2D eigenvalue weighted by atomic mass is 35.5. The number of nitrogens with zero attached hydrogens (tertiary/aromatic N) is 5. The maximum Gasteiger partial charge on any atom is 0.319 e. The summed E-state index contributed by atoms with van der Waals surface area (Å²) in [4.78, 5) is 13.7. The van der Waals surface area contributed by atoms with Crippen LogP contribution < -0.4 is 10.6 Å². The van der Waals surface area contributed by atoms with Gasteiger partial charge in [0.15, 0.2) is 5.82 Å². The Morgan fingerprint density at radius 3 is 2.59 bits per heavy atom. The summed E-state index contributed by atoms with van der Waals surface area (Å²) in [5.41, 5.74) is 2.02. The van der Waals surface area contributed by atoms with E-state index >= 15 is 0 Å². The lowest BCUT2D eigenvalue weighted by atomic mass is 10.0. The third-order valence-corrected chi connectivity index (χ3v) is 4.26. The molecule has 3 rings (SSSR count). The zero-order valence-corrected chi connectivity index (χ0v) is 16.0. The first-order chi connectivity index (χ1) is 14.1. The maximum absolute atomic E-state index is 12.5. The molecule has 0 fully saturated rings. The smallest absolute Gasteiger partial charge is 0.319 e. The van der Waals surface area contributed by atoms with Crippen LogP contribution in [0.4, 0.5) is 10.5 Å². The van der Waals surface area contributed by atoms with E-state index < -0.39 is 12.1 Å². The normalized spacial score (nSPS) is 11.5. The van der Waals surface area contributed by atoms with Gasteiger partial charge in [-0.25, -0.2) is 4.79 Å². The Kier molecular flexibility index (Phi) is 6.73. The lowest BCUT2D eigenvalue weighted by Gasteiger charge is -2.16. The zero-order chi connectivity index (χ0) is 20.6. The molecule has 2 amide bonds. The fourth-order valence-corrected chi connectivity index (χ4v) is 2.72. The number of halogens is 1. The van der Waals surface area contributed by atoms with Crippen molar-refractivity contribution in [1.29, 1.82) is 5.26 Å². The number of nitriles is 1. The Morgan fingerprint density at radius 2 is 1.93 bits per heavy atom. The number of aliphatic hydroxyl groups is 1. The quantitative estimate of drug-likeness (QED) is 0.547. The first kappa shape index (κ1) is 20.3. The molecular weight excluding hydrogens is 394 g/mol. The van der Waals surface area contributed by atoms with Crippen LogP contribution in [0.15, 0.2) is 48.5 Å². The van der Waals surface area contributed by atoms with Crippen LogP contribution in [0.5, 0.6) is 0 Å². The van der Waals surface area contributed by atoms with Crippen LogP contribution in [0.3, 0.4) is 0 Å². The van der Waals surface area contributed by atoms with Gasteiger partial charge in [-0.3, -0.25) is 0 Å². The monoisotopic (exact) mass is 411 g/mol. The lowest BCUT2D eigenvalue weighted by molar-refractivity contribution is 0.247. The van der Waals surface area contributed by atoms with Gasteiger partial charge in [0.2, 0.25) is 0 Å². The van der Waals surface area contributed by atoms with E-state index in [1.807, 2.05) is 12.1 Å². The number of hydrogen-bond acceptors (Lipinski definition) is 6. The predicted octanol–water partition coefficient (Wildman–Crippen LogP) is 2.30. The van der Waals surface area contributed by atoms with Gasteiger partial charge < -0.3 is 15.7 Å². The van der Waals surface area contributed by atoms with Gasteiger partial charge in [-0.2, -0.15) is 10.1 Å². The van der Waals surface area contributed by atoms with Gasteiger partial charge in [0.1, 0.15) is 0 Å². The van der Waals surface area contributed by atoms with Crippen molar-refractivity contribution in [3.05, 3.63) is 70.5 Å². The van der Waals surface area contributed by atoms with Crippen molar-refractivity contribution in [1.82, 2.24) is 25.5 Å². The van der Waals surface area contributed by atoms with Crippen molar-refractivity contribution in [2.75, 3.05) is 11.9 Å². The van der Waals surface area contributed by atoms with Crippen LogP contribution in [-0.4, -0.2) is 38.0 Å². The van der Waals surface area contributed by atoms with Crippen LogP contribution in [0.2, 0.25) is 5.02 Å². The zero-order valence-electron chi connectivity index (χ0n) is 15.3. The Balaban J connectivity index is 1.76. The van der Waals surface area contributed by atoms with Crippen LogP contribution in [0, 0.1) is 11.3 Å². The summed E-state index contributed by atoms with van der Waals surface area (Å²) in [7, 11) is 0. The number of carbonyl (C=O) groups is 1. The van der Waals surface area contributed by atoms with E-state index in [1.165, 1.54) is 4.80 Å². The number of rotatable bonds is 7. The van der Waals surface area contributed by atoms with Crippen LogP contribution in [-0.2, 0) is 13.0 Å². The molecule has 0 aliphatic rings. The van der Waals surface area contributed by atoms with Crippen LogP contribution >= 0.6 is 11.6 Å².